The maximum atomic E-state index is 11.3. The van der Waals surface area contributed by atoms with Crippen molar-refractivity contribution in [3.05, 3.63) is 41.5 Å². The smallest absolute Gasteiger partial charge is 0.298 e. The van der Waals surface area contributed by atoms with Crippen LogP contribution in [0, 0.1) is 13.8 Å². The van der Waals surface area contributed by atoms with Crippen molar-refractivity contribution in [3.63, 3.8) is 0 Å². The van der Waals surface area contributed by atoms with Crippen molar-refractivity contribution >= 4 is 10.1 Å². The lowest BCUT2D eigenvalue weighted by Gasteiger charge is -2.15. The van der Waals surface area contributed by atoms with Gasteiger partial charge >= 0.3 is 0 Å². The van der Waals surface area contributed by atoms with Crippen molar-refractivity contribution in [2.24, 2.45) is 0 Å². The summed E-state index contributed by atoms with van der Waals surface area (Å²) in [5.74, 6) is -0.645. The first kappa shape index (κ1) is 14.4. The largest absolute Gasteiger partial charge is 0.507 e. The minimum absolute atomic E-state index is 0.0733. The molecule has 0 amide bonds. The van der Waals surface area contributed by atoms with E-state index in [1.807, 2.05) is 0 Å². The van der Waals surface area contributed by atoms with E-state index in [0.717, 1.165) is 6.07 Å². The molecule has 0 aromatic heterocycles. The van der Waals surface area contributed by atoms with Gasteiger partial charge in [-0.25, -0.2) is 0 Å². The second-order valence-electron chi connectivity index (χ2n) is 4.55. The second-order valence-corrected chi connectivity index (χ2v) is 5.94. The number of phenols is 2. The van der Waals surface area contributed by atoms with E-state index in [2.05, 4.69) is 0 Å². The van der Waals surface area contributed by atoms with Crippen LogP contribution >= 0.6 is 0 Å². The molecule has 2 aromatic carbocycles. The fourth-order valence-electron chi connectivity index (χ4n) is 2.17. The van der Waals surface area contributed by atoms with E-state index in [0.29, 0.717) is 16.7 Å². The van der Waals surface area contributed by atoms with Crippen LogP contribution in [0.4, 0.5) is 0 Å². The lowest BCUT2D eigenvalue weighted by Crippen LogP contribution is -2.01. The third-order valence-corrected chi connectivity index (χ3v) is 4.01. The standard InChI is InChI=1S/C14H14O5S/c1-8-4-3-5-10(15)12(8)13-9(2)6-7-11(14(13)16)20(17,18)19/h3-7,15-16H,1-2H3,(H,17,18,19). The van der Waals surface area contributed by atoms with E-state index in [9.17, 15) is 18.6 Å². The predicted molar refractivity (Wildman–Crippen MR) is 74.5 cm³/mol. The van der Waals surface area contributed by atoms with Gasteiger partial charge < -0.3 is 10.2 Å². The Morgan fingerprint density at radius 1 is 0.900 bits per heavy atom. The van der Waals surface area contributed by atoms with Gasteiger partial charge in [-0.3, -0.25) is 4.55 Å². The van der Waals surface area contributed by atoms with Crippen molar-refractivity contribution in [2.45, 2.75) is 18.7 Å². The van der Waals surface area contributed by atoms with Crippen molar-refractivity contribution in [1.29, 1.82) is 0 Å². The Labute approximate surface area is 116 Å². The van der Waals surface area contributed by atoms with Crippen molar-refractivity contribution in [1.82, 2.24) is 0 Å². The third-order valence-electron chi connectivity index (χ3n) is 3.13. The van der Waals surface area contributed by atoms with Crippen molar-refractivity contribution in [2.75, 3.05) is 0 Å². The van der Waals surface area contributed by atoms with E-state index in [1.54, 1.807) is 26.0 Å². The molecule has 0 unspecified atom stereocenters. The van der Waals surface area contributed by atoms with Crippen molar-refractivity contribution in [3.8, 4) is 22.6 Å². The molecule has 20 heavy (non-hydrogen) atoms. The summed E-state index contributed by atoms with van der Waals surface area (Å²) in [4.78, 5) is -0.583. The Kier molecular flexibility index (Phi) is 3.45. The average molecular weight is 294 g/mol. The molecule has 0 aliphatic heterocycles. The zero-order valence-electron chi connectivity index (χ0n) is 11.0. The molecule has 0 fully saturated rings. The summed E-state index contributed by atoms with van der Waals surface area (Å²) in [6.07, 6.45) is 0. The molecule has 0 aliphatic rings. The Balaban J connectivity index is 2.88. The number of rotatable bonds is 2. The number of hydrogen-bond acceptors (Lipinski definition) is 4. The third kappa shape index (κ3) is 2.35. The molecule has 0 saturated carbocycles. The molecule has 0 bridgehead atoms. The molecule has 5 nitrogen and oxygen atoms in total. The van der Waals surface area contributed by atoms with Crippen LogP contribution in [0.15, 0.2) is 35.2 Å². The van der Waals surface area contributed by atoms with Crippen LogP contribution in [0.3, 0.4) is 0 Å². The molecule has 0 aliphatic carbocycles. The fraction of sp³-hybridized carbons (Fsp3) is 0.143. The molecule has 106 valence electrons. The lowest BCUT2D eigenvalue weighted by atomic mass is 9.95. The molecule has 0 spiro atoms. The highest BCUT2D eigenvalue weighted by Gasteiger charge is 2.22. The summed E-state index contributed by atoms with van der Waals surface area (Å²) in [5, 5.41) is 20.1. The van der Waals surface area contributed by atoms with Gasteiger partial charge in [0.1, 0.15) is 16.4 Å². The highest BCUT2D eigenvalue weighted by atomic mass is 32.2. The molecular formula is C14H14O5S. The minimum atomic E-state index is -4.54. The first-order valence-corrected chi connectivity index (χ1v) is 7.26. The van der Waals surface area contributed by atoms with Crippen LogP contribution in [-0.4, -0.2) is 23.2 Å². The Morgan fingerprint density at radius 3 is 2.05 bits per heavy atom. The van der Waals surface area contributed by atoms with E-state index in [4.69, 9.17) is 4.55 Å². The van der Waals surface area contributed by atoms with Gasteiger partial charge in [0, 0.05) is 11.1 Å². The van der Waals surface area contributed by atoms with Crippen LogP contribution in [-0.2, 0) is 10.1 Å². The average Bonchev–Trinajstić information content (AvgIpc) is 2.30. The van der Waals surface area contributed by atoms with Crippen LogP contribution in [0.2, 0.25) is 0 Å². The SMILES string of the molecule is Cc1cccc(O)c1-c1c(C)ccc(S(=O)(=O)O)c1O. The molecule has 0 radical (unpaired) electrons. The summed E-state index contributed by atoms with van der Waals surface area (Å²) in [6, 6.07) is 7.41. The van der Waals surface area contributed by atoms with E-state index < -0.39 is 20.8 Å². The first-order valence-electron chi connectivity index (χ1n) is 5.82. The van der Waals surface area contributed by atoms with Gasteiger partial charge in [-0.15, -0.1) is 0 Å². The number of aromatic hydroxyl groups is 2. The normalized spacial score (nSPS) is 11.6. The van der Waals surface area contributed by atoms with Gasteiger partial charge in [-0.1, -0.05) is 18.2 Å². The Bertz CT molecular complexity index is 758. The number of hydrogen-bond donors (Lipinski definition) is 3. The number of benzene rings is 2. The summed E-state index contributed by atoms with van der Waals surface area (Å²) < 4.78 is 31.6. The highest BCUT2D eigenvalue weighted by Crippen LogP contribution is 2.42. The molecule has 2 rings (SSSR count). The Morgan fingerprint density at radius 2 is 1.50 bits per heavy atom. The van der Waals surface area contributed by atoms with Gasteiger partial charge in [0.2, 0.25) is 0 Å². The van der Waals surface area contributed by atoms with E-state index in [-0.39, 0.29) is 11.3 Å². The molecular weight excluding hydrogens is 280 g/mol. The van der Waals surface area contributed by atoms with E-state index in [1.165, 1.54) is 12.1 Å². The topological polar surface area (TPSA) is 94.8 Å². The molecule has 0 atom stereocenters. The van der Waals surface area contributed by atoms with Crippen LogP contribution < -0.4 is 0 Å². The van der Waals surface area contributed by atoms with Crippen LogP contribution in [0.5, 0.6) is 11.5 Å². The maximum absolute atomic E-state index is 11.3. The summed E-state index contributed by atoms with van der Waals surface area (Å²) in [5.41, 5.74) is 1.79. The summed E-state index contributed by atoms with van der Waals surface area (Å²) >= 11 is 0. The van der Waals surface area contributed by atoms with Gasteiger partial charge in [0.15, 0.2) is 0 Å². The molecule has 2 aromatic rings. The molecule has 6 heteroatoms. The lowest BCUT2D eigenvalue weighted by molar-refractivity contribution is 0.442. The van der Waals surface area contributed by atoms with Crippen molar-refractivity contribution < 1.29 is 23.2 Å². The monoisotopic (exact) mass is 294 g/mol. The number of aryl methyl sites for hydroxylation is 2. The zero-order chi connectivity index (χ0) is 15.1. The first-order chi connectivity index (χ1) is 9.23. The second kappa shape index (κ2) is 4.81. The molecule has 0 heterocycles. The maximum Gasteiger partial charge on any atom is 0.298 e. The predicted octanol–water partition coefficient (Wildman–Crippen LogP) is 2.63. The Hall–Kier alpha value is -2.05. The van der Waals surface area contributed by atoms with Gasteiger partial charge in [0.25, 0.3) is 10.1 Å². The summed E-state index contributed by atoms with van der Waals surface area (Å²) in [7, 11) is -4.54. The van der Waals surface area contributed by atoms with Gasteiger partial charge in [-0.2, -0.15) is 8.42 Å². The summed E-state index contributed by atoms with van der Waals surface area (Å²) in [6.45, 7) is 3.41. The van der Waals surface area contributed by atoms with Gasteiger partial charge in [-0.05, 0) is 37.1 Å². The van der Waals surface area contributed by atoms with Gasteiger partial charge in [0.05, 0.1) is 0 Å². The van der Waals surface area contributed by atoms with Crippen LogP contribution in [0.1, 0.15) is 11.1 Å². The molecule has 0 saturated heterocycles. The van der Waals surface area contributed by atoms with E-state index >= 15 is 0 Å². The minimum Gasteiger partial charge on any atom is -0.507 e. The number of phenolic OH excluding ortho intramolecular Hbond substituents is 2. The molecule has 3 N–H and O–H groups in total. The fourth-order valence-corrected chi connectivity index (χ4v) is 2.76. The highest BCUT2D eigenvalue weighted by molar-refractivity contribution is 7.86. The van der Waals surface area contributed by atoms with Crippen LogP contribution in [0.25, 0.3) is 11.1 Å². The zero-order valence-corrected chi connectivity index (χ0v) is 11.8. The quantitative estimate of drug-likeness (QED) is 0.740.